The van der Waals surface area contributed by atoms with Crippen molar-refractivity contribution >= 4 is 29.9 Å². The van der Waals surface area contributed by atoms with Gasteiger partial charge in [-0.15, -0.1) is 24.0 Å². The van der Waals surface area contributed by atoms with Crippen molar-refractivity contribution in [3.8, 4) is 5.75 Å². The number of piperazine rings is 1. The lowest BCUT2D eigenvalue weighted by molar-refractivity contribution is 0.168. The highest BCUT2D eigenvalue weighted by atomic mass is 127. The average Bonchev–Trinajstić information content (AvgIpc) is 3.48. The summed E-state index contributed by atoms with van der Waals surface area (Å²) in [4.78, 5) is 9.37. The second-order valence-corrected chi connectivity index (χ2v) is 8.37. The molecule has 170 valence electrons. The van der Waals surface area contributed by atoms with Gasteiger partial charge in [-0.05, 0) is 30.5 Å². The lowest BCUT2D eigenvalue weighted by atomic mass is 9.78. The van der Waals surface area contributed by atoms with Crippen molar-refractivity contribution in [1.29, 1.82) is 0 Å². The van der Waals surface area contributed by atoms with E-state index in [9.17, 15) is 0 Å². The van der Waals surface area contributed by atoms with Crippen molar-refractivity contribution in [3.05, 3.63) is 47.9 Å². The van der Waals surface area contributed by atoms with Crippen LogP contribution in [-0.4, -0.2) is 67.8 Å². The van der Waals surface area contributed by atoms with E-state index in [-0.39, 0.29) is 29.4 Å². The highest BCUT2D eigenvalue weighted by Crippen LogP contribution is 2.41. The number of halogens is 1. The zero-order chi connectivity index (χ0) is 20.8. The van der Waals surface area contributed by atoms with Crippen LogP contribution in [0.25, 0.3) is 0 Å². The molecular weight excluding hydrogens is 505 g/mol. The van der Waals surface area contributed by atoms with E-state index in [1.807, 2.05) is 19.2 Å². The van der Waals surface area contributed by atoms with E-state index in [2.05, 4.69) is 43.5 Å². The smallest absolute Gasteiger partial charge is 0.193 e. The molecule has 8 heteroatoms. The number of guanidine groups is 1. The van der Waals surface area contributed by atoms with E-state index in [4.69, 9.17) is 9.26 Å². The van der Waals surface area contributed by atoms with Crippen LogP contribution in [0.15, 0.2) is 46.1 Å². The van der Waals surface area contributed by atoms with Crippen LogP contribution in [0.4, 0.5) is 0 Å². The molecule has 7 nitrogen and oxygen atoms in total. The molecule has 1 aromatic carbocycles. The minimum atomic E-state index is 0. The molecular formula is C23H34IN5O2. The summed E-state index contributed by atoms with van der Waals surface area (Å²) >= 11 is 0. The van der Waals surface area contributed by atoms with Crippen LogP contribution in [0, 0.1) is 0 Å². The van der Waals surface area contributed by atoms with Crippen molar-refractivity contribution < 1.29 is 9.26 Å². The van der Waals surface area contributed by atoms with Crippen LogP contribution in [0.1, 0.15) is 36.9 Å². The Morgan fingerprint density at radius 1 is 1.19 bits per heavy atom. The summed E-state index contributed by atoms with van der Waals surface area (Å²) < 4.78 is 10.4. The molecule has 1 aliphatic heterocycles. The molecule has 1 saturated carbocycles. The summed E-state index contributed by atoms with van der Waals surface area (Å²) in [6, 6.07) is 10.5. The van der Waals surface area contributed by atoms with E-state index >= 15 is 0 Å². The number of hydrogen-bond acceptors (Lipinski definition) is 5. The van der Waals surface area contributed by atoms with Gasteiger partial charge in [0.2, 0.25) is 0 Å². The first kappa shape index (κ1) is 23.8. The third-order valence-electron chi connectivity index (χ3n) is 6.59. The molecule has 0 spiro atoms. The number of aromatic nitrogens is 1. The Bertz CT molecular complexity index is 828. The number of nitrogens with zero attached hydrogens (tertiary/aromatic N) is 4. The third-order valence-corrected chi connectivity index (χ3v) is 6.59. The van der Waals surface area contributed by atoms with Crippen molar-refractivity contribution in [2.75, 3.05) is 46.9 Å². The fourth-order valence-electron chi connectivity index (χ4n) is 4.82. The number of ether oxygens (including phenoxy) is 1. The van der Waals surface area contributed by atoms with Gasteiger partial charge in [0.25, 0.3) is 0 Å². The Balaban J connectivity index is 0.00000272. The van der Waals surface area contributed by atoms with E-state index in [0.29, 0.717) is 0 Å². The number of methoxy groups -OCH3 is 1. The molecule has 0 amide bonds. The predicted molar refractivity (Wildman–Crippen MR) is 133 cm³/mol. The minimum absolute atomic E-state index is 0. The number of nitrogens with one attached hydrogen (secondary N) is 1. The number of benzene rings is 1. The quantitative estimate of drug-likeness (QED) is 0.345. The zero-order valence-electron chi connectivity index (χ0n) is 18.5. The summed E-state index contributed by atoms with van der Waals surface area (Å²) in [7, 11) is 3.62. The van der Waals surface area contributed by atoms with Gasteiger partial charge in [-0.3, -0.25) is 9.89 Å². The first-order valence-electron chi connectivity index (χ1n) is 10.9. The number of rotatable bonds is 6. The topological polar surface area (TPSA) is 66.1 Å². The molecule has 2 heterocycles. The molecule has 1 saturated heterocycles. The van der Waals surface area contributed by atoms with Crippen LogP contribution in [0.5, 0.6) is 5.75 Å². The molecule has 31 heavy (non-hydrogen) atoms. The summed E-state index contributed by atoms with van der Waals surface area (Å²) in [5.74, 6) is 1.94. The first-order valence-corrected chi connectivity index (χ1v) is 10.9. The SMILES string of the molecule is CN=C(NCC1(c2cccc(OC)c2)CCCC1)N1CCN(Cc2ccon2)CC1.I. The maximum Gasteiger partial charge on any atom is 0.193 e. The molecule has 0 radical (unpaired) electrons. The maximum absolute atomic E-state index is 5.48. The van der Waals surface area contributed by atoms with Crippen molar-refractivity contribution in [2.45, 2.75) is 37.6 Å². The lowest BCUT2D eigenvalue weighted by Gasteiger charge is -2.38. The van der Waals surface area contributed by atoms with Crippen LogP contribution in [0.2, 0.25) is 0 Å². The molecule has 1 aromatic heterocycles. The van der Waals surface area contributed by atoms with Crippen LogP contribution < -0.4 is 10.1 Å². The van der Waals surface area contributed by atoms with Gasteiger partial charge < -0.3 is 19.5 Å². The Labute approximate surface area is 202 Å². The second kappa shape index (κ2) is 11.2. The lowest BCUT2D eigenvalue weighted by Crippen LogP contribution is -2.53. The fraction of sp³-hybridized carbons (Fsp3) is 0.565. The predicted octanol–water partition coefficient (Wildman–Crippen LogP) is 3.51. The molecule has 2 fully saturated rings. The third kappa shape index (κ3) is 5.71. The van der Waals surface area contributed by atoms with Gasteiger partial charge >= 0.3 is 0 Å². The maximum atomic E-state index is 5.48. The van der Waals surface area contributed by atoms with Crippen LogP contribution in [-0.2, 0) is 12.0 Å². The van der Waals surface area contributed by atoms with Crippen LogP contribution in [0.3, 0.4) is 0 Å². The van der Waals surface area contributed by atoms with Gasteiger partial charge in [-0.2, -0.15) is 0 Å². The Kier molecular flexibility index (Phi) is 8.59. The highest BCUT2D eigenvalue weighted by molar-refractivity contribution is 14.0. The molecule has 1 aliphatic carbocycles. The normalized spacial score (nSPS) is 19.2. The fourth-order valence-corrected chi connectivity index (χ4v) is 4.82. The second-order valence-electron chi connectivity index (χ2n) is 8.37. The van der Waals surface area contributed by atoms with Gasteiger partial charge in [0.1, 0.15) is 12.0 Å². The highest BCUT2D eigenvalue weighted by Gasteiger charge is 2.36. The number of hydrogen-bond donors (Lipinski definition) is 1. The van der Waals surface area contributed by atoms with Gasteiger partial charge in [-0.1, -0.05) is 30.1 Å². The molecule has 2 aliphatic rings. The minimum Gasteiger partial charge on any atom is -0.497 e. The van der Waals surface area contributed by atoms with Crippen molar-refractivity contribution in [2.24, 2.45) is 4.99 Å². The standard InChI is InChI=1S/C23H33N5O2.HI/c1-24-22(28-13-11-27(12-14-28)17-20-8-15-30-26-20)25-18-23(9-3-4-10-23)19-6-5-7-21(16-19)29-2;/h5-8,15-16H,3-4,9-14,17-18H2,1-2H3,(H,24,25);1H. The van der Waals surface area contributed by atoms with E-state index < -0.39 is 0 Å². The first-order chi connectivity index (χ1) is 14.7. The average molecular weight is 539 g/mol. The molecule has 1 N–H and O–H groups in total. The molecule has 0 bridgehead atoms. The molecule has 0 unspecified atom stereocenters. The van der Waals surface area contributed by atoms with Gasteiger partial charge in [0.15, 0.2) is 5.96 Å². The Morgan fingerprint density at radius 2 is 1.97 bits per heavy atom. The van der Waals surface area contributed by atoms with Gasteiger partial charge in [0.05, 0.1) is 12.8 Å². The van der Waals surface area contributed by atoms with Crippen molar-refractivity contribution in [3.63, 3.8) is 0 Å². The van der Waals surface area contributed by atoms with E-state index in [0.717, 1.165) is 56.7 Å². The summed E-state index contributed by atoms with van der Waals surface area (Å²) in [6.07, 6.45) is 6.60. The van der Waals surface area contributed by atoms with Gasteiger partial charge in [-0.25, -0.2) is 0 Å². The zero-order valence-corrected chi connectivity index (χ0v) is 20.9. The largest absolute Gasteiger partial charge is 0.497 e. The summed E-state index contributed by atoms with van der Waals surface area (Å²) in [5, 5.41) is 7.74. The Morgan fingerprint density at radius 3 is 2.61 bits per heavy atom. The van der Waals surface area contributed by atoms with Crippen LogP contribution >= 0.6 is 24.0 Å². The monoisotopic (exact) mass is 539 g/mol. The molecule has 2 aromatic rings. The Hall–Kier alpha value is -1.81. The molecule has 4 rings (SSSR count). The molecule has 0 atom stereocenters. The summed E-state index contributed by atoms with van der Waals surface area (Å²) in [6.45, 7) is 5.66. The van der Waals surface area contributed by atoms with E-state index in [1.165, 1.54) is 31.2 Å². The van der Waals surface area contributed by atoms with Crippen molar-refractivity contribution in [1.82, 2.24) is 20.3 Å². The van der Waals surface area contributed by atoms with Gasteiger partial charge in [0, 0.05) is 57.8 Å². The summed E-state index contributed by atoms with van der Waals surface area (Å²) in [5.41, 5.74) is 2.52. The van der Waals surface area contributed by atoms with E-state index in [1.54, 1.807) is 13.4 Å². The number of aliphatic imine (C=N–C) groups is 1.